The molecule has 0 aliphatic carbocycles. The molecule has 0 aromatic heterocycles. The zero-order valence-corrected chi connectivity index (χ0v) is 20.2. The van der Waals surface area contributed by atoms with Crippen molar-refractivity contribution in [2.75, 3.05) is 6.61 Å². The number of carbonyl (C=O) groups excluding carboxylic acids is 1. The Kier molecular flexibility index (Phi) is 22.8. The molecule has 0 aliphatic heterocycles. The van der Waals surface area contributed by atoms with Crippen LogP contribution in [0.3, 0.4) is 0 Å². The number of esters is 1. The predicted octanol–water partition coefficient (Wildman–Crippen LogP) is 9.17. The molecule has 0 heterocycles. The van der Waals surface area contributed by atoms with Gasteiger partial charge in [-0.2, -0.15) is 0 Å². The van der Waals surface area contributed by atoms with Crippen LogP contribution in [0.15, 0.2) is 12.2 Å². The first kappa shape index (κ1) is 28.2. The van der Waals surface area contributed by atoms with Crippen molar-refractivity contribution in [3.05, 3.63) is 12.2 Å². The van der Waals surface area contributed by atoms with Crippen LogP contribution in [0.25, 0.3) is 0 Å². The van der Waals surface area contributed by atoms with Gasteiger partial charge >= 0.3 is 5.97 Å². The molecule has 2 nitrogen and oxygen atoms in total. The van der Waals surface area contributed by atoms with E-state index < -0.39 is 0 Å². The van der Waals surface area contributed by atoms with E-state index in [-0.39, 0.29) is 5.97 Å². The number of rotatable bonds is 22. The third kappa shape index (κ3) is 23.4. The minimum absolute atomic E-state index is 0.00824. The van der Waals surface area contributed by atoms with Crippen molar-refractivity contribution in [3.63, 3.8) is 0 Å². The maximum absolute atomic E-state index is 11.8. The molecule has 0 N–H and O–H groups in total. The summed E-state index contributed by atoms with van der Waals surface area (Å²) in [5.41, 5.74) is 0. The van der Waals surface area contributed by atoms with Gasteiger partial charge in [0.2, 0.25) is 0 Å². The molecule has 172 valence electrons. The lowest BCUT2D eigenvalue weighted by Gasteiger charge is -2.07. The molecule has 0 fully saturated rings. The highest BCUT2D eigenvalue weighted by Gasteiger charge is 2.02. The summed E-state index contributed by atoms with van der Waals surface area (Å²) >= 11 is 0. The van der Waals surface area contributed by atoms with Crippen LogP contribution >= 0.6 is 0 Å². The van der Waals surface area contributed by atoms with E-state index in [2.05, 4.69) is 32.9 Å². The molecule has 2 heteroatoms. The molecule has 0 aromatic rings. The molecular weight excluding hydrogens is 356 g/mol. The van der Waals surface area contributed by atoms with Crippen molar-refractivity contribution in [2.24, 2.45) is 5.92 Å². The zero-order chi connectivity index (χ0) is 21.4. The van der Waals surface area contributed by atoms with Crippen LogP contribution < -0.4 is 0 Å². The van der Waals surface area contributed by atoms with Crippen molar-refractivity contribution in [1.29, 1.82) is 0 Å². The summed E-state index contributed by atoms with van der Waals surface area (Å²) in [6, 6.07) is 0. The maximum atomic E-state index is 11.8. The van der Waals surface area contributed by atoms with Crippen LogP contribution in [-0.4, -0.2) is 12.6 Å². The Morgan fingerprint density at radius 3 is 1.93 bits per heavy atom. The summed E-state index contributed by atoms with van der Waals surface area (Å²) in [5.74, 6) is 0.904. The van der Waals surface area contributed by atoms with E-state index in [0.29, 0.717) is 13.0 Å². The van der Waals surface area contributed by atoms with Crippen LogP contribution in [0.1, 0.15) is 143 Å². The number of hydrogen-bond acceptors (Lipinski definition) is 2. The third-order valence-corrected chi connectivity index (χ3v) is 5.94. The fourth-order valence-corrected chi connectivity index (χ4v) is 3.56. The highest BCUT2D eigenvalue weighted by Crippen LogP contribution is 2.14. The second-order valence-corrected chi connectivity index (χ2v) is 8.92. The van der Waals surface area contributed by atoms with Crippen LogP contribution in [0.2, 0.25) is 0 Å². The van der Waals surface area contributed by atoms with E-state index in [1.54, 1.807) is 0 Å². The van der Waals surface area contributed by atoms with Crippen molar-refractivity contribution >= 4 is 5.97 Å². The van der Waals surface area contributed by atoms with E-state index in [0.717, 1.165) is 25.2 Å². The van der Waals surface area contributed by atoms with Crippen molar-refractivity contribution in [1.82, 2.24) is 0 Å². The predicted molar refractivity (Wildman–Crippen MR) is 128 cm³/mol. The van der Waals surface area contributed by atoms with Gasteiger partial charge in [-0.3, -0.25) is 4.79 Å². The number of ether oxygens (including phenoxy) is 1. The van der Waals surface area contributed by atoms with Crippen LogP contribution in [0.5, 0.6) is 0 Å². The molecule has 1 atom stereocenters. The monoisotopic (exact) mass is 408 g/mol. The summed E-state index contributed by atoms with van der Waals surface area (Å²) in [5, 5.41) is 0. The van der Waals surface area contributed by atoms with Crippen LogP contribution in [-0.2, 0) is 9.53 Å². The van der Waals surface area contributed by atoms with Gasteiger partial charge in [-0.15, -0.1) is 0 Å². The molecular formula is C27H52O2. The minimum atomic E-state index is 0.00824. The molecule has 0 rings (SSSR count). The summed E-state index contributed by atoms with van der Waals surface area (Å²) in [6.07, 6.45) is 28.0. The Balaban J connectivity index is 3.22. The van der Waals surface area contributed by atoms with Gasteiger partial charge in [-0.1, -0.05) is 116 Å². The average Bonchev–Trinajstić information content (AvgIpc) is 2.73. The average molecular weight is 409 g/mol. The number of hydrogen-bond donors (Lipinski definition) is 0. The standard InChI is InChI=1S/C27H52O2/c1-4-6-7-8-9-10-11-12-15-18-21-24-27(28)29-25-22-19-16-13-14-17-20-23-26(3)5-2/h8-9,26H,4-7,10-25H2,1-3H3. The lowest BCUT2D eigenvalue weighted by atomic mass is 10.00. The van der Waals surface area contributed by atoms with E-state index in [4.69, 9.17) is 4.74 Å². The first-order chi connectivity index (χ1) is 14.2. The van der Waals surface area contributed by atoms with Gasteiger partial charge in [0.25, 0.3) is 0 Å². The van der Waals surface area contributed by atoms with Gasteiger partial charge < -0.3 is 4.74 Å². The van der Waals surface area contributed by atoms with Gasteiger partial charge in [-0.25, -0.2) is 0 Å². The van der Waals surface area contributed by atoms with Gasteiger partial charge in [0.15, 0.2) is 0 Å². The highest BCUT2D eigenvalue weighted by molar-refractivity contribution is 5.69. The highest BCUT2D eigenvalue weighted by atomic mass is 16.5. The molecule has 0 radical (unpaired) electrons. The Morgan fingerprint density at radius 1 is 0.724 bits per heavy atom. The zero-order valence-electron chi connectivity index (χ0n) is 20.2. The largest absolute Gasteiger partial charge is 0.466 e. The molecule has 0 saturated heterocycles. The molecule has 0 saturated carbocycles. The maximum Gasteiger partial charge on any atom is 0.305 e. The second kappa shape index (κ2) is 23.5. The summed E-state index contributed by atoms with van der Waals surface area (Å²) < 4.78 is 5.37. The fraction of sp³-hybridized carbons (Fsp3) is 0.889. The summed E-state index contributed by atoms with van der Waals surface area (Å²) in [7, 11) is 0. The van der Waals surface area contributed by atoms with Crippen LogP contribution in [0, 0.1) is 5.92 Å². The second-order valence-electron chi connectivity index (χ2n) is 8.92. The Labute approximate surface area is 183 Å². The molecule has 29 heavy (non-hydrogen) atoms. The van der Waals surface area contributed by atoms with Crippen molar-refractivity contribution in [2.45, 2.75) is 143 Å². The van der Waals surface area contributed by atoms with Crippen molar-refractivity contribution in [3.8, 4) is 0 Å². The molecule has 1 unspecified atom stereocenters. The number of allylic oxidation sites excluding steroid dienone is 2. The Hall–Kier alpha value is -0.790. The number of unbranched alkanes of at least 4 members (excludes halogenated alkanes) is 13. The lowest BCUT2D eigenvalue weighted by Crippen LogP contribution is -2.05. The lowest BCUT2D eigenvalue weighted by molar-refractivity contribution is -0.143. The van der Waals surface area contributed by atoms with E-state index in [9.17, 15) is 4.79 Å². The Bertz CT molecular complexity index is 362. The van der Waals surface area contributed by atoms with Gasteiger partial charge in [0, 0.05) is 6.42 Å². The number of carbonyl (C=O) groups is 1. The third-order valence-electron chi connectivity index (χ3n) is 5.94. The van der Waals surface area contributed by atoms with Gasteiger partial charge in [0.05, 0.1) is 6.61 Å². The van der Waals surface area contributed by atoms with E-state index in [1.807, 2.05) is 0 Å². The molecule has 0 aliphatic rings. The molecule has 0 bridgehead atoms. The summed E-state index contributed by atoms with van der Waals surface area (Å²) in [4.78, 5) is 11.8. The summed E-state index contributed by atoms with van der Waals surface area (Å²) in [6.45, 7) is 7.50. The Morgan fingerprint density at radius 2 is 1.28 bits per heavy atom. The molecule has 0 amide bonds. The van der Waals surface area contributed by atoms with Gasteiger partial charge in [-0.05, 0) is 38.0 Å². The minimum Gasteiger partial charge on any atom is -0.466 e. The molecule has 0 spiro atoms. The fourth-order valence-electron chi connectivity index (χ4n) is 3.56. The quantitative estimate of drug-likeness (QED) is 0.101. The van der Waals surface area contributed by atoms with E-state index in [1.165, 1.54) is 96.3 Å². The van der Waals surface area contributed by atoms with Crippen molar-refractivity contribution < 1.29 is 9.53 Å². The van der Waals surface area contributed by atoms with Crippen LogP contribution in [0.4, 0.5) is 0 Å². The topological polar surface area (TPSA) is 26.3 Å². The molecule has 0 aromatic carbocycles. The van der Waals surface area contributed by atoms with Gasteiger partial charge in [0.1, 0.15) is 0 Å². The SMILES string of the molecule is CCCCC=CCCCCCCCC(=O)OCCCCCCCCCC(C)CC. The normalized spacial score (nSPS) is 12.5. The first-order valence-corrected chi connectivity index (χ1v) is 13.0. The van der Waals surface area contributed by atoms with E-state index >= 15 is 0 Å². The first-order valence-electron chi connectivity index (χ1n) is 13.0. The smallest absolute Gasteiger partial charge is 0.305 e.